The molecule has 0 aromatic rings. The molecular formula is C3H3Cl3O2Si. The predicted octanol–water partition coefficient (Wildman–Crippen LogP) is 1.87. The summed E-state index contributed by atoms with van der Waals surface area (Å²) in [5, 5.41) is 0. The Morgan fingerprint density at radius 3 is 2.11 bits per heavy atom. The summed E-state index contributed by atoms with van der Waals surface area (Å²) in [6, 6.07) is 0. The Kier molecular flexibility index (Phi) is 3.58. The van der Waals surface area contributed by atoms with E-state index >= 15 is 0 Å². The number of hydrogen-bond donors (Lipinski definition) is 0. The summed E-state index contributed by atoms with van der Waals surface area (Å²) in [6.07, 6.45) is -2.31. The summed E-state index contributed by atoms with van der Waals surface area (Å²) in [4.78, 5) is 10.3. The molecule has 0 aliphatic carbocycles. The second kappa shape index (κ2) is 3.46. The van der Waals surface area contributed by atoms with Crippen LogP contribution in [0.5, 0.6) is 0 Å². The van der Waals surface area contributed by atoms with Crippen molar-refractivity contribution in [2.45, 2.75) is 0 Å². The van der Waals surface area contributed by atoms with Gasteiger partial charge in [-0.05, 0) is 0 Å². The zero-order valence-electron chi connectivity index (χ0n) is 4.23. The molecule has 0 radical (unpaired) electrons. The largest absolute Gasteiger partial charge is 0.557 e. The van der Waals surface area contributed by atoms with Gasteiger partial charge in [0, 0.05) is 6.08 Å². The van der Waals surface area contributed by atoms with Crippen LogP contribution < -0.4 is 0 Å². The molecule has 0 spiro atoms. The van der Waals surface area contributed by atoms with E-state index in [9.17, 15) is 4.79 Å². The smallest absolute Gasteiger partial charge is 0.478 e. The first kappa shape index (κ1) is 9.30. The fourth-order valence-corrected chi connectivity index (χ4v) is 1.15. The monoisotopic (exact) mass is 204 g/mol. The highest BCUT2D eigenvalue weighted by Gasteiger charge is 2.31. The number of carbonyl (C=O) groups is 1. The van der Waals surface area contributed by atoms with Crippen LogP contribution in [0.25, 0.3) is 0 Å². The summed E-state index contributed by atoms with van der Waals surface area (Å²) in [5.74, 6) is -0.707. The zero-order chi connectivity index (χ0) is 7.49. The van der Waals surface area contributed by atoms with Crippen molar-refractivity contribution in [3.63, 3.8) is 0 Å². The van der Waals surface area contributed by atoms with Gasteiger partial charge in [0.2, 0.25) is 0 Å². The molecule has 0 atom stereocenters. The number of rotatable bonds is 2. The van der Waals surface area contributed by atoms with Gasteiger partial charge in [-0.25, -0.2) is 4.79 Å². The van der Waals surface area contributed by atoms with Gasteiger partial charge in [0.25, 0.3) is 0 Å². The Morgan fingerprint density at radius 1 is 1.56 bits per heavy atom. The Balaban J connectivity index is 3.74. The molecule has 0 saturated heterocycles. The molecule has 0 aliphatic heterocycles. The molecule has 0 aromatic carbocycles. The maximum absolute atomic E-state index is 10.3. The second-order valence-electron chi connectivity index (χ2n) is 1.07. The minimum Gasteiger partial charge on any atom is -0.478 e. The standard InChI is InChI=1S/C3H3Cl3O2Si/c1-2-3(7)8-9(4,5)6/h2H,1H2. The third kappa shape index (κ3) is 6.18. The van der Waals surface area contributed by atoms with Crippen LogP contribution in [0, 0.1) is 0 Å². The van der Waals surface area contributed by atoms with Crippen molar-refractivity contribution >= 4 is 45.5 Å². The Labute approximate surface area is 67.6 Å². The van der Waals surface area contributed by atoms with E-state index in [1.54, 1.807) is 0 Å². The quantitative estimate of drug-likeness (QED) is 0.391. The van der Waals surface area contributed by atoms with Crippen LogP contribution in [0.1, 0.15) is 0 Å². The summed E-state index contributed by atoms with van der Waals surface area (Å²) in [5.41, 5.74) is 0. The van der Waals surface area contributed by atoms with Crippen molar-refractivity contribution < 1.29 is 9.22 Å². The first-order valence-electron chi connectivity index (χ1n) is 1.88. The molecule has 0 saturated carbocycles. The third-order valence-electron chi connectivity index (χ3n) is 0.383. The molecule has 0 aliphatic rings. The average Bonchev–Trinajstić information content (AvgIpc) is 1.62. The van der Waals surface area contributed by atoms with Crippen LogP contribution in [0.4, 0.5) is 0 Å². The van der Waals surface area contributed by atoms with Crippen molar-refractivity contribution in [3.8, 4) is 0 Å². The van der Waals surface area contributed by atoms with Gasteiger partial charge in [-0.15, -0.1) is 0 Å². The summed E-state index contributed by atoms with van der Waals surface area (Å²) >= 11 is 15.6. The molecule has 6 heteroatoms. The molecule has 0 amide bonds. The first-order valence-corrected chi connectivity index (χ1v) is 6.82. The lowest BCUT2D eigenvalue weighted by Gasteiger charge is -2.05. The number of carbonyl (C=O) groups excluding carboxylic acids is 1. The van der Waals surface area contributed by atoms with E-state index in [1.807, 2.05) is 0 Å². The van der Waals surface area contributed by atoms with Crippen molar-refractivity contribution in [1.29, 1.82) is 0 Å². The highest BCUT2D eigenvalue weighted by atomic mass is 35.8. The van der Waals surface area contributed by atoms with Gasteiger partial charge in [0.15, 0.2) is 0 Å². The van der Waals surface area contributed by atoms with Crippen molar-refractivity contribution in [2.75, 3.05) is 0 Å². The number of halogens is 3. The van der Waals surface area contributed by atoms with E-state index in [0.717, 1.165) is 6.08 Å². The Hall–Kier alpha value is 0.297. The molecule has 0 fully saturated rings. The highest BCUT2D eigenvalue weighted by molar-refractivity contribution is 7.62. The van der Waals surface area contributed by atoms with Crippen LogP contribution in [0.3, 0.4) is 0 Å². The second-order valence-corrected chi connectivity index (χ2v) is 8.70. The van der Waals surface area contributed by atoms with E-state index in [1.165, 1.54) is 0 Å². The SMILES string of the molecule is C=CC(=O)O[Si](Cl)(Cl)Cl. The maximum atomic E-state index is 10.3. The Morgan fingerprint density at radius 2 is 2.00 bits per heavy atom. The normalized spacial score (nSPS) is 10.6. The molecule has 52 valence electrons. The molecular weight excluding hydrogens is 202 g/mol. The summed E-state index contributed by atoms with van der Waals surface area (Å²) < 4.78 is 4.27. The fourth-order valence-electron chi connectivity index (χ4n) is 0.156. The van der Waals surface area contributed by atoms with Gasteiger partial charge in [0.05, 0.1) is 0 Å². The average molecular weight is 206 g/mol. The van der Waals surface area contributed by atoms with Gasteiger partial charge < -0.3 is 4.43 Å². The lowest BCUT2D eigenvalue weighted by atomic mass is 10.7. The lowest BCUT2D eigenvalue weighted by Crippen LogP contribution is -2.19. The molecule has 0 N–H and O–H groups in total. The van der Waals surface area contributed by atoms with Crippen LogP contribution in [0.15, 0.2) is 12.7 Å². The van der Waals surface area contributed by atoms with Gasteiger partial charge in [0.1, 0.15) is 0 Å². The molecule has 9 heavy (non-hydrogen) atoms. The van der Waals surface area contributed by atoms with Crippen LogP contribution in [-0.4, -0.2) is 12.2 Å². The van der Waals surface area contributed by atoms with Gasteiger partial charge in [-0.3, -0.25) is 0 Å². The van der Waals surface area contributed by atoms with E-state index in [-0.39, 0.29) is 0 Å². The molecule has 0 rings (SSSR count). The van der Waals surface area contributed by atoms with E-state index in [4.69, 9.17) is 33.2 Å². The van der Waals surface area contributed by atoms with Crippen LogP contribution >= 0.6 is 33.2 Å². The topological polar surface area (TPSA) is 26.3 Å². The maximum Gasteiger partial charge on any atom is 0.557 e. The van der Waals surface area contributed by atoms with Crippen molar-refractivity contribution in [3.05, 3.63) is 12.7 Å². The minimum atomic E-state index is -3.25. The summed E-state index contributed by atoms with van der Waals surface area (Å²) in [6.45, 7) is 3.12. The van der Waals surface area contributed by atoms with Crippen LogP contribution in [-0.2, 0) is 9.22 Å². The van der Waals surface area contributed by atoms with Gasteiger partial charge in [-0.1, -0.05) is 39.8 Å². The Bertz CT molecular complexity index is 130. The van der Waals surface area contributed by atoms with Gasteiger partial charge >= 0.3 is 12.2 Å². The summed E-state index contributed by atoms with van der Waals surface area (Å²) in [7, 11) is 0. The predicted molar refractivity (Wildman–Crippen MR) is 39.6 cm³/mol. The van der Waals surface area contributed by atoms with Crippen molar-refractivity contribution in [2.24, 2.45) is 0 Å². The molecule has 2 nitrogen and oxygen atoms in total. The minimum absolute atomic E-state index is 0.707. The van der Waals surface area contributed by atoms with Crippen LogP contribution in [0.2, 0.25) is 0 Å². The van der Waals surface area contributed by atoms with Gasteiger partial charge in [-0.2, -0.15) is 0 Å². The fraction of sp³-hybridized carbons (Fsp3) is 0. The van der Waals surface area contributed by atoms with E-state index in [2.05, 4.69) is 11.0 Å². The lowest BCUT2D eigenvalue weighted by molar-refractivity contribution is -0.129. The molecule has 0 heterocycles. The first-order chi connectivity index (χ1) is 3.95. The van der Waals surface area contributed by atoms with E-state index in [0.29, 0.717) is 0 Å². The molecule has 0 aromatic heterocycles. The van der Waals surface area contributed by atoms with E-state index < -0.39 is 12.2 Å². The third-order valence-corrected chi connectivity index (χ3v) is 1.51. The zero-order valence-corrected chi connectivity index (χ0v) is 7.50. The highest BCUT2D eigenvalue weighted by Crippen LogP contribution is 2.20. The number of hydrogen-bond acceptors (Lipinski definition) is 2. The molecule has 0 bridgehead atoms. The molecule has 0 unspecified atom stereocenters. The van der Waals surface area contributed by atoms with Crippen molar-refractivity contribution in [1.82, 2.24) is 0 Å².